The molecule has 1 atom stereocenters. The maximum atomic E-state index is 13.3. The van der Waals surface area contributed by atoms with Gasteiger partial charge in [-0.2, -0.15) is 5.21 Å². The van der Waals surface area contributed by atoms with E-state index in [0.717, 1.165) is 23.3 Å². The fraction of sp³-hybridized carbons (Fsp3) is 0.156. The maximum Gasteiger partial charge on any atom is 0.289 e. The first kappa shape index (κ1) is 29.6. The predicted molar refractivity (Wildman–Crippen MR) is 161 cm³/mol. The average Bonchev–Trinajstić information content (AvgIpc) is 3.57. The molecule has 0 saturated heterocycles. The third-order valence-electron chi connectivity index (χ3n) is 6.65. The molecule has 5 rings (SSSR count). The van der Waals surface area contributed by atoms with E-state index < -0.39 is 23.3 Å². The van der Waals surface area contributed by atoms with Crippen LogP contribution in [0.2, 0.25) is 0 Å². The topological polar surface area (TPSA) is 163 Å². The van der Waals surface area contributed by atoms with Gasteiger partial charge >= 0.3 is 0 Å². The first-order chi connectivity index (χ1) is 21.3. The van der Waals surface area contributed by atoms with Crippen molar-refractivity contribution >= 4 is 23.4 Å². The van der Waals surface area contributed by atoms with Crippen LogP contribution in [0.15, 0.2) is 106 Å². The van der Waals surface area contributed by atoms with Gasteiger partial charge in [-0.3, -0.25) is 19.2 Å². The quantitative estimate of drug-likeness (QED) is 0.210. The minimum absolute atomic E-state index is 0.0876. The summed E-state index contributed by atoms with van der Waals surface area (Å²) >= 11 is 0. The third kappa shape index (κ3) is 7.88. The first-order valence-electron chi connectivity index (χ1n) is 13.8. The second-order valence-electron chi connectivity index (χ2n) is 10.1. The summed E-state index contributed by atoms with van der Waals surface area (Å²) in [6.07, 6.45) is 0.237. The van der Waals surface area contributed by atoms with Gasteiger partial charge in [0.25, 0.3) is 11.8 Å². The SMILES string of the molecule is CN(Cc1ccccc1)C(=O)c1cc(=O)cc(C(=O)N[C@H](CC(=O)Nc2cccc(-c3nn[nH]n3)c2)Cc2ccccc2)o1. The van der Waals surface area contributed by atoms with Gasteiger partial charge in [0.05, 0.1) is 0 Å². The Morgan fingerprint density at radius 1 is 0.886 bits per heavy atom. The van der Waals surface area contributed by atoms with E-state index in [1.807, 2.05) is 60.7 Å². The van der Waals surface area contributed by atoms with E-state index in [0.29, 0.717) is 23.5 Å². The number of hydrogen-bond donors (Lipinski definition) is 3. The number of nitrogens with one attached hydrogen (secondary N) is 3. The highest BCUT2D eigenvalue weighted by molar-refractivity contribution is 5.96. The number of rotatable bonds is 11. The Balaban J connectivity index is 1.30. The van der Waals surface area contributed by atoms with Crippen LogP contribution in [0, 0.1) is 0 Å². The van der Waals surface area contributed by atoms with Crippen LogP contribution in [0.3, 0.4) is 0 Å². The Hall–Kier alpha value is -5.91. The van der Waals surface area contributed by atoms with Crippen LogP contribution in [-0.4, -0.2) is 56.3 Å². The number of H-pyrrole nitrogens is 1. The fourth-order valence-electron chi connectivity index (χ4n) is 4.60. The minimum Gasteiger partial charge on any atom is -0.445 e. The third-order valence-corrected chi connectivity index (χ3v) is 6.65. The molecule has 5 aromatic rings. The fourth-order valence-corrected chi connectivity index (χ4v) is 4.60. The van der Waals surface area contributed by atoms with Gasteiger partial charge in [0.1, 0.15) is 0 Å². The van der Waals surface area contributed by atoms with E-state index in [9.17, 15) is 19.2 Å². The monoisotopic (exact) mass is 591 g/mol. The van der Waals surface area contributed by atoms with Gasteiger partial charge in [0, 0.05) is 49.4 Å². The van der Waals surface area contributed by atoms with Crippen LogP contribution < -0.4 is 16.1 Å². The van der Waals surface area contributed by atoms with Crippen LogP contribution >= 0.6 is 0 Å². The highest BCUT2D eigenvalue weighted by atomic mass is 16.4. The van der Waals surface area contributed by atoms with Crippen molar-refractivity contribution < 1.29 is 18.8 Å². The van der Waals surface area contributed by atoms with Crippen molar-refractivity contribution in [2.75, 3.05) is 12.4 Å². The lowest BCUT2D eigenvalue weighted by molar-refractivity contribution is -0.116. The number of carbonyl (C=O) groups excluding carboxylic acids is 3. The van der Waals surface area contributed by atoms with E-state index in [2.05, 4.69) is 31.3 Å². The van der Waals surface area contributed by atoms with Crippen molar-refractivity contribution in [2.24, 2.45) is 0 Å². The molecular formula is C32H29N7O5. The number of aromatic nitrogens is 4. The summed E-state index contributed by atoms with van der Waals surface area (Å²) in [4.78, 5) is 53.4. The zero-order valence-corrected chi connectivity index (χ0v) is 23.8. The smallest absolute Gasteiger partial charge is 0.289 e. The molecule has 0 bridgehead atoms. The molecule has 2 aromatic heterocycles. The van der Waals surface area contributed by atoms with E-state index in [4.69, 9.17) is 4.42 Å². The molecule has 0 aliphatic heterocycles. The lowest BCUT2D eigenvalue weighted by Gasteiger charge is -2.19. The van der Waals surface area contributed by atoms with E-state index in [1.54, 1.807) is 31.3 Å². The highest BCUT2D eigenvalue weighted by Crippen LogP contribution is 2.19. The van der Waals surface area contributed by atoms with Crippen LogP contribution in [0.1, 0.15) is 38.7 Å². The molecule has 44 heavy (non-hydrogen) atoms. The lowest BCUT2D eigenvalue weighted by atomic mass is 10.0. The Morgan fingerprint density at radius 3 is 2.30 bits per heavy atom. The van der Waals surface area contributed by atoms with Crippen molar-refractivity contribution in [1.29, 1.82) is 0 Å². The van der Waals surface area contributed by atoms with Crippen molar-refractivity contribution in [2.45, 2.75) is 25.4 Å². The standard InChI is InChI=1S/C32H29N7O5/c1-39(20-22-11-6-3-7-12-22)32(43)28-19-26(40)18-27(44-28)31(42)34-25(15-21-9-4-2-5-10-21)17-29(41)33-24-14-8-13-23(16-24)30-35-37-38-36-30/h2-14,16,18-19,25H,15,17,20H2,1H3,(H,33,41)(H,34,42)(H,35,36,37,38)/t25-/m0/s1. The molecule has 0 fully saturated rings. The summed E-state index contributed by atoms with van der Waals surface area (Å²) in [7, 11) is 1.58. The molecule has 3 amide bonds. The van der Waals surface area contributed by atoms with Gasteiger partial charge in [-0.25, -0.2) is 0 Å². The number of nitrogens with zero attached hydrogens (tertiary/aromatic N) is 4. The number of carbonyl (C=O) groups is 3. The molecule has 3 N–H and O–H groups in total. The van der Waals surface area contributed by atoms with Gasteiger partial charge in [-0.05, 0) is 34.9 Å². The van der Waals surface area contributed by atoms with Gasteiger partial charge in [-0.1, -0.05) is 72.8 Å². The molecule has 0 unspecified atom stereocenters. The molecule has 222 valence electrons. The number of tetrazole rings is 1. The number of aromatic amines is 1. The van der Waals surface area contributed by atoms with Crippen LogP contribution in [0.5, 0.6) is 0 Å². The summed E-state index contributed by atoms with van der Waals surface area (Å²) in [5.74, 6) is -1.85. The molecule has 12 nitrogen and oxygen atoms in total. The largest absolute Gasteiger partial charge is 0.445 e. The second kappa shape index (κ2) is 13.8. The van der Waals surface area contributed by atoms with E-state index >= 15 is 0 Å². The highest BCUT2D eigenvalue weighted by Gasteiger charge is 2.23. The molecule has 2 heterocycles. The van der Waals surface area contributed by atoms with Gasteiger partial charge in [-0.15, -0.1) is 10.2 Å². The van der Waals surface area contributed by atoms with Crippen molar-refractivity contribution in [1.82, 2.24) is 30.8 Å². The van der Waals surface area contributed by atoms with Crippen LogP contribution in [-0.2, 0) is 17.8 Å². The predicted octanol–water partition coefficient (Wildman–Crippen LogP) is 3.46. The molecule has 12 heteroatoms. The molecule has 0 radical (unpaired) electrons. The Bertz CT molecular complexity index is 1790. The molecule has 0 aliphatic carbocycles. The second-order valence-corrected chi connectivity index (χ2v) is 10.1. The molecular weight excluding hydrogens is 562 g/mol. The maximum absolute atomic E-state index is 13.3. The summed E-state index contributed by atoms with van der Waals surface area (Å²) in [5.41, 5.74) is 2.39. The normalized spacial score (nSPS) is 11.4. The minimum atomic E-state index is -0.727. The van der Waals surface area contributed by atoms with Crippen LogP contribution in [0.25, 0.3) is 11.4 Å². The Morgan fingerprint density at radius 2 is 1.59 bits per heavy atom. The summed E-state index contributed by atoms with van der Waals surface area (Å²) in [5, 5.41) is 19.5. The summed E-state index contributed by atoms with van der Waals surface area (Å²) in [6.45, 7) is 0.284. The van der Waals surface area contributed by atoms with Gasteiger partial charge in [0.2, 0.25) is 11.7 Å². The number of amides is 3. The van der Waals surface area contributed by atoms with Gasteiger partial charge < -0.3 is 20.0 Å². The van der Waals surface area contributed by atoms with Crippen molar-refractivity contribution in [3.05, 3.63) is 130 Å². The summed E-state index contributed by atoms with van der Waals surface area (Å²) < 4.78 is 5.62. The molecule has 0 spiro atoms. The zero-order chi connectivity index (χ0) is 30.9. The molecule has 3 aromatic carbocycles. The number of anilines is 1. The summed E-state index contributed by atoms with van der Waals surface area (Å²) in [6, 6.07) is 27.0. The molecule has 0 aliphatic rings. The lowest BCUT2D eigenvalue weighted by Crippen LogP contribution is -2.39. The van der Waals surface area contributed by atoms with E-state index in [-0.39, 0.29) is 30.4 Å². The zero-order valence-electron chi connectivity index (χ0n) is 23.8. The van der Waals surface area contributed by atoms with Crippen molar-refractivity contribution in [3.63, 3.8) is 0 Å². The molecule has 0 saturated carbocycles. The number of benzene rings is 3. The number of hydrogen-bond acceptors (Lipinski definition) is 8. The Kier molecular flexibility index (Phi) is 9.30. The Labute approximate surface area is 252 Å². The van der Waals surface area contributed by atoms with E-state index in [1.165, 1.54) is 4.90 Å². The van der Waals surface area contributed by atoms with Crippen molar-refractivity contribution in [3.8, 4) is 11.4 Å². The van der Waals surface area contributed by atoms with Crippen LogP contribution in [0.4, 0.5) is 5.69 Å². The average molecular weight is 592 g/mol. The van der Waals surface area contributed by atoms with Gasteiger partial charge in [0.15, 0.2) is 16.9 Å². The first-order valence-corrected chi connectivity index (χ1v) is 13.8.